The van der Waals surface area contributed by atoms with Crippen LogP contribution in [0.1, 0.15) is 28.7 Å². The maximum absolute atomic E-state index is 13.4. The second kappa shape index (κ2) is 6.28. The summed E-state index contributed by atoms with van der Waals surface area (Å²) >= 11 is 0. The van der Waals surface area contributed by atoms with Crippen molar-refractivity contribution in [3.8, 4) is 0 Å². The van der Waals surface area contributed by atoms with Gasteiger partial charge in [0.2, 0.25) is 0 Å². The molecule has 23 heavy (non-hydrogen) atoms. The van der Waals surface area contributed by atoms with Gasteiger partial charge in [0.15, 0.2) is 11.6 Å². The molecule has 1 aromatic carbocycles. The van der Waals surface area contributed by atoms with E-state index >= 15 is 0 Å². The third kappa shape index (κ3) is 2.99. The number of hydrogen-bond donors (Lipinski definition) is 0. The fourth-order valence-corrected chi connectivity index (χ4v) is 2.43. The molecule has 1 heterocycles. The number of anilines is 1. The minimum absolute atomic E-state index is 0.129. The molecule has 0 radical (unpaired) electrons. The lowest BCUT2D eigenvalue weighted by molar-refractivity contribution is -0.114. The second-order valence-corrected chi connectivity index (χ2v) is 5.15. The number of aromatic nitrogens is 2. The number of carbonyl (C=O) groups excluding carboxylic acids is 2. The zero-order valence-electron chi connectivity index (χ0n) is 13.4. The van der Waals surface area contributed by atoms with E-state index in [0.717, 1.165) is 17.0 Å². The van der Waals surface area contributed by atoms with Crippen LogP contribution in [-0.4, -0.2) is 28.0 Å². The number of ketones is 1. The normalized spacial score (nSPS) is 10.7. The van der Waals surface area contributed by atoms with Gasteiger partial charge in [0.25, 0.3) is 11.7 Å². The first-order valence-electron chi connectivity index (χ1n) is 7.09. The van der Waals surface area contributed by atoms with E-state index in [0.29, 0.717) is 11.4 Å². The van der Waals surface area contributed by atoms with Crippen LogP contribution in [0.15, 0.2) is 18.2 Å². The van der Waals surface area contributed by atoms with E-state index < -0.39 is 23.3 Å². The number of aryl methyl sites for hydroxylation is 2. The predicted molar refractivity (Wildman–Crippen MR) is 81.4 cm³/mol. The lowest BCUT2D eigenvalue weighted by Gasteiger charge is -2.20. The number of halogens is 2. The minimum atomic E-state index is -1.07. The lowest BCUT2D eigenvalue weighted by Crippen LogP contribution is -2.37. The van der Waals surface area contributed by atoms with Gasteiger partial charge in [-0.1, -0.05) is 0 Å². The Morgan fingerprint density at radius 2 is 1.87 bits per heavy atom. The van der Waals surface area contributed by atoms with Crippen molar-refractivity contribution in [2.75, 3.05) is 11.4 Å². The molecule has 0 saturated heterocycles. The van der Waals surface area contributed by atoms with Crippen molar-refractivity contribution in [3.05, 3.63) is 46.8 Å². The molecule has 7 heteroatoms. The maximum Gasteiger partial charge on any atom is 0.299 e. The number of rotatable bonds is 4. The van der Waals surface area contributed by atoms with Crippen molar-refractivity contribution in [1.82, 2.24) is 9.78 Å². The smallest absolute Gasteiger partial charge is 0.299 e. The van der Waals surface area contributed by atoms with Gasteiger partial charge < -0.3 is 4.90 Å². The first kappa shape index (κ1) is 16.8. The molecule has 5 nitrogen and oxygen atoms in total. The van der Waals surface area contributed by atoms with Crippen molar-refractivity contribution in [2.45, 2.75) is 20.8 Å². The van der Waals surface area contributed by atoms with Crippen molar-refractivity contribution in [1.29, 1.82) is 0 Å². The van der Waals surface area contributed by atoms with Crippen LogP contribution in [0.2, 0.25) is 0 Å². The van der Waals surface area contributed by atoms with Crippen LogP contribution in [0.3, 0.4) is 0 Å². The zero-order valence-corrected chi connectivity index (χ0v) is 13.4. The summed E-state index contributed by atoms with van der Waals surface area (Å²) in [6, 6.07) is 3.08. The summed E-state index contributed by atoms with van der Waals surface area (Å²) in [5, 5.41) is 4.11. The topological polar surface area (TPSA) is 55.2 Å². The summed E-state index contributed by atoms with van der Waals surface area (Å²) < 4.78 is 27.9. The molecule has 0 saturated carbocycles. The van der Waals surface area contributed by atoms with E-state index in [2.05, 4.69) is 5.10 Å². The third-order valence-corrected chi connectivity index (χ3v) is 3.71. The second-order valence-electron chi connectivity index (χ2n) is 5.15. The van der Waals surface area contributed by atoms with Crippen LogP contribution in [0, 0.1) is 25.5 Å². The Kier molecular flexibility index (Phi) is 4.58. The van der Waals surface area contributed by atoms with Gasteiger partial charge in [0, 0.05) is 31.0 Å². The maximum atomic E-state index is 13.4. The number of Topliss-reactive ketones (excluding diaryl/α,β-unsaturated/α-hetero) is 1. The molecule has 0 spiro atoms. The predicted octanol–water partition coefficient (Wildman–Crippen LogP) is 2.55. The van der Waals surface area contributed by atoms with E-state index in [1.807, 2.05) is 0 Å². The number of nitrogens with zero attached hydrogens (tertiary/aromatic N) is 3. The summed E-state index contributed by atoms with van der Waals surface area (Å²) in [4.78, 5) is 26.1. The van der Waals surface area contributed by atoms with Crippen molar-refractivity contribution in [2.24, 2.45) is 7.05 Å². The highest BCUT2D eigenvalue weighted by Gasteiger charge is 2.28. The Morgan fingerprint density at radius 3 is 2.35 bits per heavy atom. The van der Waals surface area contributed by atoms with E-state index in [9.17, 15) is 18.4 Å². The SMILES string of the molecule is CCN(C(=O)C(=O)c1c(C)nn(C)c1C)c1ccc(F)c(F)c1. The average Bonchev–Trinajstić information content (AvgIpc) is 2.75. The van der Waals surface area contributed by atoms with E-state index in [1.54, 1.807) is 27.8 Å². The van der Waals surface area contributed by atoms with Crippen LogP contribution < -0.4 is 4.90 Å². The van der Waals surface area contributed by atoms with Crippen LogP contribution >= 0.6 is 0 Å². The number of benzene rings is 1. The molecule has 2 aromatic rings. The van der Waals surface area contributed by atoms with Crippen LogP contribution in [-0.2, 0) is 11.8 Å². The minimum Gasteiger partial charge on any atom is -0.306 e. The third-order valence-electron chi connectivity index (χ3n) is 3.71. The van der Waals surface area contributed by atoms with Gasteiger partial charge in [0.05, 0.1) is 11.3 Å². The average molecular weight is 321 g/mol. The molecule has 1 aromatic heterocycles. The fraction of sp³-hybridized carbons (Fsp3) is 0.312. The standard InChI is InChI=1S/C16H17F2N3O2/c1-5-21(11-6-7-12(17)13(18)8-11)16(23)15(22)14-9(2)19-20(4)10(14)3/h6-8H,5H2,1-4H3. The highest BCUT2D eigenvalue weighted by Crippen LogP contribution is 2.20. The van der Waals surface area contributed by atoms with Crippen LogP contribution in [0.5, 0.6) is 0 Å². The summed E-state index contributed by atoms with van der Waals surface area (Å²) in [5.41, 5.74) is 1.38. The first-order valence-corrected chi connectivity index (χ1v) is 7.09. The summed E-state index contributed by atoms with van der Waals surface area (Å²) in [5.74, 6) is -3.62. The van der Waals surface area contributed by atoms with E-state index in [-0.39, 0.29) is 17.8 Å². The van der Waals surface area contributed by atoms with Gasteiger partial charge in [0.1, 0.15) is 0 Å². The monoisotopic (exact) mass is 321 g/mol. The molecule has 0 unspecified atom stereocenters. The van der Waals surface area contributed by atoms with E-state index in [1.165, 1.54) is 10.7 Å². The summed E-state index contributed by atoms with van der Waals surface area (Å²) in [6.45, 7) is 5.12. The molecule has 0 aliphatic rings. The number of amides is 1. The zero-order chi connectivity index (χ0) is 17.3. The molecule has 0 fully saturated rings. The summed E-state index contributed by atoms with van der Waals surface area (Å²) in [6.07, 6.45) is 0. The molecular weight excluding hydrogens is 304 g/mol. The molecule has 0 bridgehead atoms. The number of hydrogen-bond acceptors (Lipinski definition) is 3. The highest BCUT2D eigenvalue weighted by molar-refractivity contribution is 6.47. The van der Waals surface area contributed by atoms with Gasteiger partial charge in [-0.2, -0.15) is 5.10 Å². The fourth-order valence-electron chi connectivity index (χ4n) is 2.43. The Hall–Kier alpha value is -2.57. The van der Waals surface area contributed by atoms with Crippen molar-refractivity contribution < 1.29 is 18.4 Å². The van der Waals surface area contributed by atoms with Crippen LogP contribution in [0.4, 0.5) is 14.5 Å². The largest absolute Gasteiger partial charge is 0.306 e. The molecule has 0 aliphatic heterocycles. The Bertz CT molecular complexity index is 784. The Balaban J connectivity index is 2.39. The number of likely N-dealkylation sites (N-methyl/N-ethyl adjacent to an activating group) is 1. The van der Waals surface area contributed by atoms with Crippen molar-refractivity contribution >= 4 is 17.4 Å². The molecule has 2 rings (SSSR count). The Morgan fingerprint density at radius 1 is 1.22 bits per heavy atom. The highest BCUT2D eigenvalue weighted by atomic mass is 19.2. The lowest BCUT2D eigenvalue weighted by atomic mass is 10.1. The quantitative estimate of drug-likeness (QED) is 0.642. The Labute approximate surface area is 132 Å². The molecule has 0 N–H and O–H groups in total. The van der Waals surface area contributed by atoms with Gasteiger partial charge in [-0.05, 0) is 32.9 Å². The van der Waals surface area contributed by atoms with Gasteiger partial charge >= 0.3 is 0 Å². The molecule has 1 amide bonds. The first-order chi connectivity index (χ1) is 10.8. The van der Waals surface area contributed by atoms with Crippen molar-refractivity contribution in [3.63, 3.8) is 0 Å². The summed E-state index contributed by atoms with van der Waals surface area (Å²) in [7, 11) is 1.68. The van der Waals surface area contributed by atoms with Gasteiger partial charge in [-0.3, -0.25) is 14.3 Å². The van der Waals surface area contributed by atoms with Crippen LogP contribution in [0.25, 0.3) is 0 Å². The van der Waals surface area contributed by atoms with Gasteiger partial charge in [-0.15, -0.1) is 0 Å². The molecule has 0 aliphatic carbocycles. The van der Waals surface area contributed by atoms with E-state index in [4.69, 9.17) is 0 Å². The molecule has 122 valence electrons. The molecule has 0 atom stereocenters. The molecular formula is C16H17F2N3O2. The number of carbonyl (C=O) groups is 2. The van der Waals surface area contributed by atoms with Gasteiger partial charge in [-0.25, -0.2) is 8.78 Å².